The van der Waals surface area contributed by atoms with E-state index in [9.17, 15) is 14.9 Å². The van der Waals surface area contributed by atoms with Gasteiger partial charge < -0.3 is 14.5 Å². The predicted octanol–water partition coefficient (Wildman–Crippen LogP) is 3.70. The van der Waals surface area contributed by atoms with Crippen molar-refractivity contribution in [1.29, 1.82) is 0 Å². The van der Waals surface area contributed by atoms with E-state index in [2.05, 4.69) is 11.5 Å². The van der Waals surface area contributed by atoms with Crippen molar-refractivity contribution in [3.8, 4) is 5.75 Å². The summed E-state index contributed by atoms with van der Waals surface area (Å²) >= 11 is 6.25. The molecular formula is C21H22ClN3O4. The van der Waals surface area contributed by atoms with E-state index in [0.717, 1.165) is 5.69 Å². The van der Waals surface area contributed by atoms with Crippen molar-refractivity contribution >= 4 is 28.9 Å². The van der Waals surface area contributed by atoms with Gasteiger partial charge >= 0.3 is 0 Å². The molecule has 2 aromatic carbocycles. The smallest absolute Gasteiger partial charge is 0.269 e. The first kappa shape index (κ1) is 20.7. The molecular weight excluding hydrogens is 394 g/mol. The van der Waals surface area contributed by atoms with E-state index in [1.54, 1.807) is 11.0 Å². The van der Waals surface area contributed by atoms with Crippen LogP contribution in [0.4, 0.5) is 11.4 Å². The molecule has 2 aromatic rings. The van der Waals surface area contributed by atoms with Crippen LogP contribution in [0.1, 0.15) is 5.56 Å². The van der Waals surface area contributed by atoms with Crippen molar-refractivity contribution in [2.75, 3.05) is 37.7 Å². The van der Waals surface area contributed by atoms with Crippen molar-refractivity contribution in [2.24, 2.45) is 0 Å². The fourth-order valence-corrected chi connectivity index (χ4v) is 3.53. The lowest BCUT2D eigenvalue weighted by Crippen LogP contribution is -2.50. The van der Waals surface area contributed by atoms with E-state index in [1.807, 2.05) is 24.3 Å². The summed E-state index contributed by atoms with van der Waals surface area (Å²) in [5.41, 5.74) is 1.58. The Morgan fingerprint density at radius 1 is 1.21 bits per heavy atom. The molecule has 0 N–H and O–H groups in total. The largest absolute Gasteiger partial charge is 0.483 e. The number of ether oxygens (including phenoxy) is 1. The van der Waals surface area contributed by atoms with E-state index in [-0.39, 0.29) is 18.2 Å². The number of halogens is 1. The maximum absolute atomic E-state index is 12.6. The summed E-state index contributed by atoms with van der Waals surface area (Å²) in [6.07, 6.45) is 2.06. The molecule has 0 saturated carbocycles. The van der Waals surface area contributed by atoms with Gasteiger partial charge in [-0.1, -0.05) is 29.8 Å². The number of para-hydroxylation sites is 1. The highest BCUT2D eigenvalue weighted by Crippen LogP contribution is 2.27. The molecule has 1 aliphatic rings. The van der Waals surface area contributed by atoms with Gasteiger partial charge in [0.05, 0.1) is 15.6 Å². The Morgan fingerprint density at radius 3 is 2.59 bits per heavy atom. The molecule has 0 atom stereocenters. The number of nitrogens with zero attached hydrogens (tertiary/aromatic N) is 3. The number of anilines is 1. The van der Waals surface area contributed by atoms with Gasteiger partial charge in [-0.25, -0.2) is 0 Å². The molecule has 8 heteroatoms. The van der Waals surface area contributed by atoms with Crippen molar-refractivity contribution in [2.45, 2.75) is 6.42 Å². The van der Waals surface area contributed by atoms with Gasteiger partial charge in [0.1, 0.15) is 5.75 Å². The molecule has 7 nitrogen and oxygen atoms in total. The van der Waals surface area contributed by atoms with E-state index < -0.39 is 4.92 Å². The number of hydrogen-bond acceptors (Lipinski definition) is 5. The van der Waals surface area contributed by atoms with Crippen LogP contribution < -0.4 is 9.64 Å². The van der Waals surface area contributed by atoms with Gasteiger partial charge in [0.15, 0.2) is 6.61 Å². The first-order valence-corrected chi connectivity index (χ1v) is 9.65. The van der Waals surface area contributed by atoms with Crippen LogP contribution in [0, 0.1) is 10.1 Å². The minimum absolute atomic E-state index is 0.0174. The van der Waals surface area contributed by atoms with Crippen LogP contribution in [0.5, 0.6) is 5.75 Å². The number of carbonyl (C=O) groups is 1. The second-order valence-corrected chi connectivity index (χ2v) is 7.06. The second-order valence-electron chi connectivity index (χ2n) is 6.65. The quantitative estimate of drug-likeness (QED) is 0.391. The fraction of sp³-hybridized carbons (Fsp3) is 0.286. The molecule has 3 rings (SSSR count). The summed E-state index contributed by atoms with van der Waals surface area (Å²) in [4.78, 5) is 27.0. The Bertz CT molecular complexity index is 911. The molecule has 0 unspecified atom stereocenters. The maximum Gasteiger partial charge on any atom is 0.269 e. The van der Waals surface area contributed by atoms with E-state index >= 15 is 0 Å². The molecule has 1 heterocycles. The lowest BCUT2D eigenvalue weighted by molar-refractivity contribution is -0.384. The molecule has 0 aromatic heterocycles. The van der Waals surface area contributed by atoms with Gasteiger partial charge in [0.25, 0.3) is 11.6 Å². The fourth-order valence-electron chi connectivity index (χ4n) is 3.27. The third-order valence-corrected chi connectivity index (χ3v) is 5.12. The number of nitro groups is 1. The van der Waals surface area contributed by atoms with E-state index in [1.165, 1.54) is 18.2 Å². The number of hydrogen-bond donors (Lipinski definition) is 0. The Morgan fingerprint density at radius 2 is 1.93 bits per heavy atom. The van der Waals surface area contributed by atoms with Crippen molar-refractivity contribution < 1.29 is 14.5 Å². The first-order chi connectivity index (χ1) is 14.0. The molecule has 1 fully saturated rings. The normalized spacial score (nSPS) is 13.8. The molecule has 1 aliphatic heterocycles. The standard InChI is InChI=1S/C21H22ClN3O4/c1-2-5-16-14-17(25(27)28)8-9-20(16)29-15-21(26)24-12-10-23(11-13-24)19-7-4-3-6-18(19)22/h2-4,6-9,14H,1,5,10-13,15H2. The number of allylic oxidation sites excluding steroid dienone is 1. The first-order valence-electron chi connectivity index (χ1n) is 9.28. The highest BCUT2D eigenvalue weighted by atomic mass is 35.5. The van der Waals surface area contributed by atoms with Crippen LogP contribution in [0.25, 0.3) is 0 Å². The molecule has 0 spiro atoms. The van der Waals surface area contributed by atoms with Crippen LogP contribution in [0.3, 0.4) is 0 Å². The summed E-state index contributed by atoms with van der Waals surface area (Å²) in [5.74, 6) is 0.338. The lowest BCUT2D eigenvalue weighted by atomic mass is 10.1. The molecule has 0 bridgehead atoms. The van der Waals surface area contributed by atoms with Crippen LogP contribution in [0.15, 0.2) is 55.1 Å². The zero-order chi connectivity index (χ0) is 20.8. The Hall–Kier alpha value is -3.06. The van der Waals surface area contributed by atoms with Crippen molar-refractivity contribution in [1.82, 2.24) is 4.90 Å². The third-order valence-electron chi connectivity index (χ3n) is 4.80. The number of nitro benzene ring substituents is 1. The SMILES string of the molecule is C=CCc1cc([N+](=O)[O-])ccc1OCC(=O)N1CCN(c2ccccc2Cl)CC1. The lowest BCUT2D eigenvalue weighted by Gasteiger charge is -2.36. The number of non-ortho nitro benzene ring substituents is 1. The summed E-state index contributed by atoms with van der Waals surface area (Å²) in [5, 5.41) is 11.7. The second kappa shape index (κ2) is 9.43. The molecule has 0 aliphatic carbocycles. The van der Waals surface area contributed by atoms with Gasteiger partial charge in [0, 0.05) is 43.9 Å². The minimum atomic E-state index is -0.458. The summed E-state index contributed by atoms with van der Waals surface area (Å²) in [6, 6.07) is 12.0. The third kappa shape index (κ3) is 5.06. The summed E-state index contributed by atoms with van der Waals surface area (Å²) in [6.45, 7) is 6.08. The highest BCUT2D eigenvalue weighted by Gasteiger charge is 2.23. The van der Waals surface area contributed by atoms with E-state index in [0.29, 0.717) is 48.9 Å². The molecule has 29 heavy (non-hydrogen) atoms. The average Bonchev–Trinajstić information content (AvgIpc) is 2.73. The number of carbonyl (C=O) groups excluding carboxylic acids is 1. The van der Waals surface area contributed by atoms with Gasteiger partial charge in [-0.15, -0.1) is 6.58 Å². The number of benzene rings is 2. The van der Waals surface area contributed by atoms with Crippen LogP contribution in [-0.4, -0.2) is 48.5 Å². The summed E-state index contributed by atoms with van der Waals surface area (Å²) in [7, 11) is 0. The molecule has 152 valence electrons. The Labute approximate surface area is 174 Å². The maximum atomic E-state index is 12.6. The molecule has 1 amide bonds. The zero-order valence-corrected chi connectivity index (χ0v) is 16.7. The van der Waals surface area contributed by atoms with Crippen molar-refractivity contribution in [3.63, 3.8) is 0 Å². The van der Waals surface area contributed by atoms with Gasteiger partial charge in [-0.3, -0.25) is 14.9 Å². The number of rotatable bonds is 7. The van der Waals surface area contributed by atoms with Gasteiger partial charge in [-0.2, -0.15) is 0 Å². The van der Waals surface area contributed by atoms with E-state index in [4.69, 9.17) is 16.3 Å². The van der Waals surface area contributed by atoms with Crippen LogP contribution in [-0.2, 0) is 11.2 Å². The van der Waals surface area contributed by atoms with Crippen molar-refractivity contribution in [3.05, 3.63) is 75.8 Å². The van der Waals surface area contributed by atoms with Gasteiger partial charge in [0.2, 0.25) is 0 Å². The number of amides is 1. The highest BCUT2D eigenvalue weighted by molar-refractivity contribution is 6.33. The van der Waals surface area contributed by atoms with Gasteiger partial charge in [-0.05, 0) is 24.6 Å². The molecule has 0 radical (unpaired) electrons. The topological polar surface area (TPSA) is 75.9 Å². The number of piperazine rings is 1. The zero-order valence-electron chi connectivity index (χ0n) is 15.9. The Kier molecular flexibility index (Phi) is 6.72. The van der Waals surface area contributed by atoms with Crippen LogP contribution >= 0.6 is 11.6 Å². The average molecular weight is 416 g/mol. The monoisotopic (exact) mass is 415 g/mol. The van der Waals surface area contributed by atoms with Crippen LogP contribution in [0.2, 0.25) is 5.02 Å². The predicted molar refractivity (Wildman–Crippen MR) is 113 cm³/mol. The minimum Gasteiger partial charge on any atom is -0.483 e. The Balaban J connectivity index is 1.57. The summed E-state index contributed by atoms with van der Waals surface area (Å²) < 4.78 is 5.67. The molecule has 1 saturated heterocycles.